The molecule has 4 heteroatoms. The van der Waals surface area contributed by atoms with Crippen molar-refractivity contribution in [2.24, 2.45) is 0 Å². The first kappa shape index (κ1) is 17.2. The zero-order valence-corrected chi connectivity index (χ0v) is 13.4. The van der Waals surface area contributed by atoms with E-state index in [2.05, 4.69) is 11.9 Å². The maximum absolute atomic E-state index is 11.6. The molecule has 0 N–H and O–H groups in total. The SMILES string of the molecule is CCCCCCCCCCCCn1ccnc(Cl)c1=O. The van der Waals surface area contributed by atoms with Crippen LogP contribution in [0.5, 0.6) is 0 Å². The van der Waals surface area contributed by atoms with Crippen LogP contribution in [-0.2, 0) is 6.54 Å². The smallest absolute Gasteiger partial charge is 0.288 e. The van der Waals surface area contributed by atoms with Crippen LogP contribution in [-0.4, -0.2) is 9.55 Å². The van der Waals surface area contributed by atoms with E-state index in [9.17, 15) is 4.79 Å². The summed E-state index contributed by atoms with van der Waals surface area (Å²) in [6.45, 7) is 3.00. The van der Waals surface area contributed by atoms with E-state index in [1.54, 1.807) is 17.0 Å². The van der Waals surface area contributed by atoms with E-state index in [-0.39, 0.29) is 10.7 Å². The molecular formula is C16H27ClN2O. The van der Waals surface area contributed by atoms with Crippen molar-refractivity contribution in [1.29, 1.82) is 0 Å². The standard InChI is InChI=1S/C16H27ClN2O/c1-2-3-4-5-6-7-8-9-10-11-13-19-14-12-18-15(17)16(19)20/h12,14H,2-11,13H2,1H3. The van der Waals surface area contributed by atoms with Crippen LogP contribution in [0.15, 0.2) is 17.2 Å². The van der Waals surface area contributed by atoms with Crippen molar-refractivity contribution < 1.29 is 0 Å². The number of unbranched alkanes of at least 4 members (excludes halogenated alkanes) is 9. The predicted molar refractivity (Wildman–Crippen MR) is 85.4 cm³/mol. The number of aromatic nitrogens is 2. The van der Waals surface area contributed by atoms with E-state index >= 15 is 0 Å². The molecule has 114 valence electrons. The van der Waals surface area contributed by atoms with E-state index in [1.165, 1.54) is 57.8 Å². The number of nitrogens with zero attached hydrogens (tertiary/aromatic N) is 2. The van der Waals surface area contributed by atoms with E-state index < -0.39 is 0 Å². The van der Waals surface area contributed by atoms with Crippen molar-refractivity contribution in [3.63, 3.8) is 0 Å². The zero-order chi connectivity index (χ0) is 14.6. The highest BCUT2D eigenvalue weighted by Gasteiger charge is 2.00. The number of hydrogen-bond acceptors (Lipinski definition) is 2. The lowest BCUT2D eigenvalue weighted by Gasteiger charge is -2.05. The van der Waals surface area contributed by atoms with Crippen LogP contribution in [0.1, 0.15) is 71.1 Å². The largest absolute Gasteiger partial charge is 0.311 e. The monoisotopic (exact) mass is 298 g/mol. The van der Waals surface area contributed by atoms with E-state index in [0.29, 0.717) is 0 Å². The first-order chi connectivity index (χ1) is 9.75. The zero-order valence-electron chi connectivity index (χ0n) is 12.6. The number of hydrogen-bond donors (Lipinski definition) is 0. The molecule has 0 bridgehead atoms. The van der Waals surface area contributed by atoms with Gasteiger partial charge in [0.25, 0.3) is 5.56 Å². The summed E-state index contributed by atoms with van der Waals surface area (Å²) in [5, 5.41) is 0.0691. The Kier molecular flexibility index (Phi) is 9.38. The second-order valence-corrected chi connectivity index (χ2v) is 5.76. The van der Waals surface area contributed by atoms with Gasteiger partial charge in [0.15, 0.2) is 5.15 Å². The van der Waals surface area contributed by atoms with Gasteiger partial charge < -0.3 is 4.57 Å². The van der Waals surface area contributed by atoms with Crippen LogP contribution in [0.4, 0.5) is 0 Å². The van der Waals surface area contributed by atoms with E-state index in [1.807, 2.05) is 0 Å². The molecule has 0 atom stereocenters. The minimum absolute atomic E-state index is 0.0691. The molecule has 0 radical (unpaired) electrons. The van der Waals surface area contributed by atoms with Crippen LogP contribution >= 0.6 is 11.6 Å². The lowest BCUT2D eigenvalue weighted by atomic mass is 10.1. The molecule has 20 heavy (non-hydrogen) atoms. The Morgan fingerprint density at radius 1 is 1.00 bits per heavy atom. The lowest BCUT2D eigenvalue weighted by Crippen LogP contribution is -2.20. The van der Waals surface area contributed by atoms with Crippen LogP contribution < -0.4 is 5.56 Å². The predicted octanol–water partition coefficient (Wildman–Crippen LogP) is 4.82. The summed E-state index contributed by atoms with van der Waals surface area (Å²) in [6.07, 6.45) is 16.3. The molecule has 0 amide bonds. The van der Waals surface area contributed by atoms with E-state index in [0.717, 1.165) is 13.0 Å². The molecule has 1 heterocycles. The summed E-state index contributed by atoms with van der Waals surface area (Å²) < 4.78 is 1.65. The van der Waals surface area contributed by atoms with Crippen molar-refractivity contribution in [1.82, 2.24) is 9.55 Å². The Bertz CT molecular complexity index is 417. The highest BCUT2D eigenvalue weighted by molar-refractivity contribution is 6.29. The second kappa shape index (κ2) is 10.9. The third kappa shape index (κ3) is 7.09. The Labute approximate surface area is 127 Å². The van der Waals surface area contributed by atoms with Gasteiger partial charge in [-0.25, -0.2) is 4.98 Å². The molecule has 0 aliphatic heterocycles. The third-order valence-electron chi connectivity index (χ3n) is 3.62. The molecule has 3 nitrogen and oxygen atoms in total. The quantitative estimate of drug-likeness (QED) is 0.549. The molecule has 0 spiro atoms. The average Bonchev–Trinajstić information content (AvgIpc) is 2.45. The number of aryl methyl sites for hydroxylation is 1. The third-order valence-corrected chi connectivity index (χ3v) is 3.88. The molecule has 0 aromatic carbocycles. The number of halogens is 1. The van der Waals surface area contributed by atoms with Gasteiger partial charge in [-0.05, 0) is 6.42 Å². The fraction of sp³-hybridized carbons (Fsp3) is 0.750. The van der Waals surface area contributed by atoms with Gasteiger partial charge in [-0.15, -0.1) is 0 Å². The topological polar surface area (TPSA) is 34.9 Å². The molecule has 0 aliphatic carbocycles. The van der Waals surface area contributed by atoms with Crippen molar-refractivity contribution in [2.75, 3.05) is 0 Å². The maximum Gasteiger partial charge on any atom is 0.288 e. The molecule has 1 rings (SSSR count). The first-order valence-corrected chi connectivity index (χ1v) is 8.34. The summed E-state index contributed by atoms with van der Waals surface area (Å²) >= 11 is 5.70. The van der Waals surface area contributed by atoms with Gasteiger partial charge >= 0.3 is 0 Å². The summed E-state index contributed by atoms with van der Waals surface area (Å²) in [5.41, 5.74) is -0.176. The highest BCUT2D eigenvalue weighted by atomic mass is 35.5. The van der Waals surface area contributed by atoms with Gasteiger partial charge in [0.2, 0.25) is 0 Å². The number of rotatable bonds is 11. The van der Waals surface area contributed by atoms with E-state index in [4.69, 9.17) is 11.6 Å². The lowest BCUT2D eigenvalue weighted by molar-refractivity contribution is 0.529. The normalized spacial score (nSPS) is 10.9. The van der Waals surface area contributed by atoms with Crippen molar-refractivity contribution >= 4 is 11.6 Å². The van der Waals surface area contributed by atoms with Crippen LogP contribution in [0.25, 0.3) is 0 Å². The second-order valence-electron chi connectivity index (χ2n) is 5.40. The van der Waals surface area contributed by atoms with Crippen molar-refractivity contribution in [3.05, 3.63) is 27.9 Å². The average molecular weight is 299 g/mol. The summed E-state index contributed by atoms with van der Waals surface area (Å²) in [7, 11) is 0. The summed E-state index contributed by atoms with van der Waals surface area (Å²) in [5.74, 6) is 0. The molecule has 1 aromatic heterocycles. The molecule has 0 fully saturated rings. The Hall–Kier alpha value is -0.830. The summed E-state index contributed by atoms with van der Waals surface area (Å²) in [6, 6.07) is 0. The van der Waals surface area contributed by atoms with Gasteiger partial charge in [0, 0.05) is 18.9 Å². The van der Waals surface area contributed by atoms with Gasteiger partial charge in [0.1, 0.15) is 0 Å². The van der Waals surface area contributed by atoms with Crippen molar-refractivity contribution in [2.45, 2.75) is 77.7 Å². The maximum atomic E-state index is 11.6. The summed E-state index contributed by atoms with van der Waals surface area (Å²) in [4.78, 5) is 15.4. The Balaban J connectivity index is 2.00. The first-order valence-electron chi connectivity index (χ1n) is 7.96. The van der Waals surface area contributed by atoms with Gasteiger partial charge in [-0.1, -0.05) is 76.3 Å². The fourth-order valence-electron chi connectivity index (χ4n) is 2.37. The molecular weight excluding hydrogens is 272 g/mol. The van der Waals surface area contributed by atoms with Crippen LogP contribution in [0.3, 0.4) is 0 Å². The molecule has 1 aromatic rings. The highest BCUT2D eigenvalue weighted by Crippen LogP contribution is 2.10. The van der Waals surface area contributed by atoms with Crippen molar-refractivity contribution in [3.8, 4) is 0 Å². The Morgan fingerprint density at radius 2 is 1.55 bits per heavy atom. The van der Waals surface area contributed by atoms with Gasteiger partial charge in [-0.3, -0.25) is 4.79 Å². The Morgan fingerprint density at radius 3 is 2.15 bits per heavy atom. The molecule has 0 unspecified atom stereocenters. The molecule has 0 saturated carbocycles. The fourth-order valence-corrected chi connectivity index (χ4v) is 2.53. The molecule has 0 aliphatic rings. The molecule has 0 saturated heterocycles. The van der Waals surface area contributed by atoms with Crippen LogP contribution in [0, 0.1) is 0 Å². The van der Waals surface area contributed by atoms with Crippen LogP contribution in [0.2, 0.25) is 5.15 Å². The van der Waals surface area contributed by atoms with Gasteiger partial charge in [-0.2, -0.15) is 0 Å². The minimum Gasteiger partial charge on any atom is -0.311 e. The minimum atomic E-state index is -0.176. The van der Waals surface area contributed by atoms with Gasteiger partial charge in [0.05, 0.1) is 0 Å².